The van der Waals surface area contributed by atoms with Crippen LogP contribution in [0.1, 0.15) is 76.5 Å². The van der Waals surface area contributed by atoms with Gasteiger partial charge in [-0.2, -0.15) is 5.10 Å². The second kappa shape index (κ2) is 11.7. The van der Waals surface area contributed by atoms with Crippen molar-refractivity contribution in [2.45, 2.75) is 71.6 Å². The minimum absolute atomic E-state index is 0.00649. The largest absolute Gasteiger partial charge is 0.273 e. The first kappa shape index (κ1) is 19.2. The Morgan fingerprint density at radius 2 is 1.77 bits per heavy atom. The van der Waals surface area contributed by atoms with E-state index in [2.05, 4.69) is 17.5 Å². The van der Waals surface area contributed by atoms with E-state index in [-0.39, 0.29) is 5.91 Å². The second-order valence-corrected chi connectivity index (χ2v) is 7.28. The number of nitrogens with zero attached hydrogens (tertiary/aromatic N) is 1. The van der Waals surface area contributed by atoms with Gasteiger partial charge in [-0.1, -0.05) is 63.5 Å². The molecule has 3 nitrogen and oxygen atoms in total. The van der Waals surface area contributed by atoms with Crippen LogP contribution in [-0.4, -0.2) is 11.6 Å². The van der Waals surface area contributed by atoms with Crippen LogP contribution in [0.3, 0.4) is 0 Å². The summed E-state index contributed by atoms with van der Waals surface area (Å²) in [6, 6.07) is 3.75. The van der Waals surface area contributed by atoms with Crippen molar-refractivity contribution in [2.24, 2.45) is 5.10 Å². The number of hydrazone groups is 1. The van der Waals surface area contributed by atoms with Gasteiger partial charge in [0.05, 0.1) is 14.9 Å². The maximum absolute atomic E-state index is 11.7. The van der Waals surface area contributed by atoms with Crippen LogP contribution in [-0.2, 0) is 4.79 Å². The highest BCUT2D eigenvalue weighted by molar-refractivity contribution is 7.18. The molecule has 0 fully saturated rings. The summed E-state index contributed by atoms with van der Waals surface area (Å²) in [6.45, 7) is 4.11. The molecule has 0 unspecified atom stereocenters. The van der Waals surface area contributed by atoms with E-state index in [0.717, 1.165) is 27.8 Å². The molecule has 1 aromatic rings. The smallest absolute Gasteiger partial charge is 0.240 e. The van der Waals surface area contributed by atoms with Gasteiger partial charge in [-0.15, -0.1) is 11.3 Å². The first-order valence-corrected chi connectivity index (χ1v) is 9.41. The zero-order valence-electron chi connectivity index (χ0n) is 13.7. The lowest BCUT2D eigenvalue weighted by Crippen LogP contribution is -2.18. The molecule has 0 spiro atoms. The van der Waals surface area contributed by atoms with Gasteiger partial charge in [0.25, 0.3) is 0 Å². The number of rotatable bonds is 11. The molecule has 1 heterocycles. The summed E-state index contributed by atoms with van der Waals surface area (Å²) < 4.78 is 0.731. The number of hydrogen-bond acceptors (Lipinski definition) is 3. The summed E-state index contributed by atoms with van der Waals surface area (Å²) in [7, 11) is 0. The predicted octanol–water partition coefficient (Wildman–Crippen LogP) is 5.77. The van der Waals surface area contributed by atoms with Crippen LogP contribution in [0, 0.1) is 0 Å². The molecule has 124 valence electrons. The van der Waals surface area contributed by atoms with Crippen molar-refractivity contribution in [1.29, 1.82) is 0 Å². The Kier molecular flexibility index (Phi) is 10.2. The molecular weight excluding hydrogens is 316 g/mol. The van der Waals surface area contributed by atoms with Crippen LogP contribution in [0.2, 0.25) is 4.34 Å². The molecule has 1 aromatic heterocycles. The van der Waals surface area contributed by atoms with E-state index in [9.17, 15) is 4.79 Å². The first-order chi connectivity index (χ1) is 10.6. The Labute approximate surface area is 143 Å². The maximum atomic E-state index is 11.7. The van der Waals surface area contributed by atoms with Gasteiger partial charge in [0.2, 0.25) is 5.91 Å². The third kappa shape index (κ3) is 8.54. The van der Waals surface area contributed by atoms with Gasteiger partial charge in [-0.05, 0) is 25.5 Å². The number of hydrogen-bond donors (Lipinski definition) is 1. The molecule has 1 amide bonds. The second-order valence-electron chi connectivity index (χ2n) is 5.56. The third-order valence-electron chi connectivity index (χ3n) is 3.54. The van der Waals surface area contributed by atoms with Crippen molar-refractivity contribution in [3.8, 4) is 0 Å². The number of thiophene rings is 1. The van der Waals surface area contributed by atoms with Gasteiger partial charge in [0.1, 0.15) is 0 Å². The molecule has 0 saturated carbocycles. The average molecular weight is 343 g/mol. The molecule has 0 aliphatic heterocycles. The van der Waals surface area contributed by atoms with Crippen molar-refractivity contribution in [1.82, 2.24) is 5.43 Å². The molecule has 0 atom stereocenters. The number of amides is 1. The van der Waals surface area contributed by atoms with Gasteiger partial charge >= 0.3 is 0 Å². The number of unbranched alkanes of at least 4 members (excludes halogenated alkanes) is 7. The van der Waals surface area contributed by atoms with Crippen LogP contribution >= 0.6 is 22.9 Å². The number of halogens is 1. The SMILES string of the molecule is CCCCCCCCCCC(=O)N/N=C(\C)c1ccc(Cl)s1. The highest BCUT2D eigenvalue weighted by Gasteiger charge is 2.03. The lowest BCUT2D eigenvalue weighted by Gasteiger charge is -2.02. The lowest BCUT2D eigenvalue weighted by atomic mass is 10.1. The Morgan fingerprint density at radius 3 is 2.36 bits per heavy atom. The fourth-order valence-electron chi connectivity index (χ4n) is 2.19. The summed E-state index contributed by atoms with van der Waals surface area (Å²) in [5.41, 5.74) is 3.41. The summed E-state index contributed by atoms with van der Waals surface area (Å²) in [5, 5.41) is 4.13. The van der Waals surface area contributed by atoms with E-state index < -0.39 is 0 Å². The van der Waals surface area contributed by atoms with E-state index in [0.29, 0.717) is 6.42 Å². The van der Waals surface area contributed by atoms with Crippen molar-refractivity contribution < 1.29 is 4.79 Å². The zero-order valence-corrected chi connectivity index (χ0v) is 15.2. The van der Waals surface area contributed by atoms with Gasteiger partial charge in [0.15, 0.2) is 0 Å². The molecule has 5 heteroatoms. The van der Waals surface area contributed by atoms with E-state index in [4.69, 9.17) is 11.6 Å². The maximum Gasteiger partial charge on any atom is 0.240 e. The molecule has 22 heavy (non-hydrogen) atoms. The summed E-state index contributed by atoms with van der Waals surface area (Å²) in [6.07, 6.45) is 10.4. The third-order valence-corrected chi connectivity index (χ3v) is 4.88. The van der Waals surface area contributed by atoms with Gasteiger partial charge in [-0.25, -0.2) is 5.43 Å². The molecule has 1 rings (SSSR count). The first-order valence-electron chi connectivity index (χ1n) is 8.22. The van der Waals surface area contributed by atoms with E-state index in [1.807, 2.05) is 19.1 Å². The van der Waals surface area contributed by atoms with Crippen LogP contribution in [0.25, 0.3) is 0 Å². The Balaban J connectivity index is 2.08. The zero-order chi connectivity index (χ0) is 16.2. The highest BCUT2D eigenvalue weighted by Crippen LogP contribution is 2.21. The summed E-state index contributed by atoms with van der Waals surface area (Å²) in [4.78, 5) is 12.7. The molecular formula is C17H27ClN2OS. The number of carbonyl (C=O) groups excluding carboxylic acids is 1. The Morgan fingerprint density at radius 1 is 1.14 bits per heavy atom. The highest BCUT2D eigenvalue weighted by atomic mass is 35.5. The van der Waals surface area contributed by atoms with Crippen LogP contribution in [0.5, 0.6) is 0 Å². The topological polar surface area (TPSA) is 41.5 Å². The monoisotopic (exact) mass is 342 g/mol. The quantitative estimate of drug-likeness (QED) is 0.309. The van der Waals surface area contributed by atoms with Crippen molar-refractivity contribution in [2.75, 3.05) is 0 Å². The molecule has 0 saturated heterocycles. The van der Waals surface area contributed by atoms with E-state index >= 15 is 0 Å². The standard InChI is InChI=1S/C17H27ClN2OS/c1-3-4-5-6-7-8-9-10-11-17(21)20-19-14(2)15-12-13-16(18)22-15/h12-13H,3-11H2,1-2H3,(H,20,21)/b19-14+. The fraction of sp³-hybridized carbons (Fsp3) is 0.647. The molecule has 1 N–H and O–H groups in total. The Hall–Kier alpha value is -0.870. The van der Waals surface area contributed by atoms with Crippen molar-refractivity contribution in [3.63, 3.8) is 0 Å². The van der Waals surface area contributed by atoms with E-state index in [1.54, 1.807) is 0 Å². The molecule has 0 aliphatic carbocycles. The normalized spacial score (nSPS) is 11.7. The minimum Gasteiger partial charge on any atom is -0.273 e. The molecule has 0 aromatic carbocycles. The van der Waals surface area contributed by atoms with Crippen molar-refractivity contribution >= 4 is 34.6 Å². The minimum atomic E-state index is -0.00649. The fourth-order valence-corrected chi connectivity index (χ4v) is 3.17. The number of carbonyl (C=O) groups is 1. The number of nitrogens with one attached hydrogen (secondary N) is 1. The Bertz CT molecular complexity index is 471. The molecule has 0 aliphatic rings. The van der Waals surface area contributed by atoms with E-state index in [1.165, 1.54) is 49.9 Å². The van der Waals surface area contributed by atoms with Gasteiger partial charge < -0.3 is 0 Å². The summed E-state index contributed by atoms with van der Waals surface area (Å²) in [5.74, 6) is -0.00649. The van der Waals surface area contributed by atoms with Crippen LogP contribution in [0.4, 0.5) is 0 Å². The predicted molar refractivity (Wildman–Crippen MR) is 96.9 cm³/mol. The van der Waals surface area contributed by atoms with Crippen LogP contribution in [0.15, 0.2) is 17.2 Å². The van der Waals surface area contributed by atoms with Crippen molar-refractivity contribution in [3.05, 3.63) is 21.3 Å². The van der Waals surface area contributed by atoms with Crippen LogP contribution < -0.4 is 5.43 Å². The van der Waals surface area contributed by atoms with Gasteiger partial charge in [0, 0.05) is 6.42 Å². The molecule has 0 bridgehead atoms. The lowest BCUT2D eigenvalue weighted by molar-refractivity contribution is -0.121. The van der Waals surface area contributed by atoms with Gasteiger partial charge in [-0.3, -0.25) is 4.79 Å². The summed E-state index contributed by atoms with van der Waals surface area (Å²) >= 11 is 7.34. The molecule has 0 radical (unpaired) electrons. The average Bonchev–Trinajstić information content (AvgIpc) is 2.94.